The molecule has 1 aliphatic heterocycles. The number of rotatable bonds is 5. The highest BCUT2D eigenvalue weighted by Gasteiger charge is 2.38. The van der Waals surface area contributed by atoms with Gasteiger partial charge < -0.3 is 31.6 Å². The Kier molecular flexibility index (Phi) is 5.45. The van der Waals surface area contributed by atoms with Gasteiger partial charge in [-0.15, -0.1) is 0 Å². The molecule has 0 spiro atoms. The van der Waals surface area contributed by atoms with Gasteiger partial charge in [-0.05, 0) is 30.2 Å². The molecular weight excluding hydrogens is 365 g/mol. The van der Waals surface area contributed by atoms with Crippen molar-refractivity contribution in [3.63, 3.8) is 0 Å². The van der Waals surface area contributed by atoms with Gasteiger partial charge in [0.25, 0.3) is 5.91 Å². The fourth-order valence-electron chi connectivity index (χ4n) is 2.82. The number of para-hydroxylation sites is 1. The number of carboxylic acid groups (broad SMARTS) is 1. The molecule has 0 saturated heterocycles. The van der Waals surface area contributed by atoms with Crippen LogP contribution < -0.4 is 21.4 Å². The van der Waals surface area contributed by atoms with Crippen molar-refractivity contribution in [2.24, 2.45) is 16.5 Å². The summed E-state index contributed by atoms with van der Waals surface area (Å²) in [4.78, 5) is 31.8. The first-order valence-electron chi connectivity index (χ1n) is 8.37. The lowest BCUT2D eigenvalue weighted by Gasteiger charge is -2.28. The van der Waals surface area contributed by atoms with E-state index in [0.717, 1.165) is 0 Å². The highest BCUT2D eigenvalue weighted by molar-refractivity contribution is 6.47. The molecule has 1 aliphatic rings. The molecule has 0 fully saturated rings. The number of nitrogens with one attached hydrogen (secondary N) is 1. The van der Waals surface area contributed by atoms with Crippen LogP contribution in [0.5, 0.6) is 5.75 Å². The summed E-state index contributed by atoms with van der Waals surface area (Å²) in [7, 11) is -1.40. The summed E-state index contributed by atoms with van der Waals surface area (Å²) in [6, 6.07) is 9.48. The Labute approximate surface area is 160 Å². The van der Waals surface area contributed by atoms with Crippen LogP contribution in [0.3, 0.4) is 0 Å². The van der Waals surface area contributed by atoms with Crippen molar-refractivity contribution in [1.82, 2.24) is 10.3 Å². The molecule has 1 unspecified atom stereocenters. The van der Waals surface area contributed by atoms with Crippen LogP contribution in [-0.2, 0) is 13.0 Å². The molecule has 0 bridgehead atoms. The van der Waals surface area contributed by atoms with Crippen molar-refractivity contribution >= 4 is 25.0 Å². The minimum atomic E-state index is -1.40. The van der Waals surface area contributed by atoms with Gasteiger partial charge in [0.15, 0.2) is 5.96 Å². The van der Waals surface area contributed by atoms with E-state index in [1.54, 1.807) is 24.3 Å². The topological polar surface area (TPSA) is 173 Å². The van der Waals surface area contributed by atoms with E-state index in [9.17, 15) is 19.7 Å². The van der Waals surface area contributed by atoms with Crippen LogP contribution in [0.15, 0.2) is 41.4 Å². The van der Waals surface area contributed by atoms with E-state index in [1.807, 2.05) is 0 Å². The number of hydrogen-bond donors (Lipinski definition) is 5. The van der Waals surface area contributed by atoms with E-state index < -0.39 is 24.9 Å². The molecule has 2 aromatic rings. The maximum atomic E-state index is 12.5. The van der Waals surface area contributed by atoms with Crippen LogP contribution in [-0.4, -0.2) is 46.0 Å². The second-order valence-corrected chi connectivity index (χ2v) is 6.15. The number of fused-ring (bicyclic) bond motifs is 1. The van der Waals surface area contributed by atoms with Gasteiger partial charge in [-0.1, -0.05) is 18.2 Å². The number of hydrogen-bond acceptors (Lipinski definition) is 6. The van der Waals surface area contributed by atoms with Crippen LogP contribution in [0.25, 0.3) is 0 Å². The highest BCUT2D eigenvalue weighted by atomic mass is 16.5. The third-order valence-corrected chi connectivity index (χ3v) is 4.13. The Balaban J connectivity index is 1.75. The van der Waals surface area contributed by atoms with Crippen LogP contribution in [0.4, 0.5) is 0 Å². The molecule has 1 aromatic carbocycles. The molecule has 1 amide bonds. The number of amides is 1. The molecule has 2 heterocycles. The van der Waals surface area contributed by atoms with Crippen molar-refractivity contribution in [3.05, 3.63) is 58.9 Å². The van der Waals surface area contributed by atoms with Gasteiger partial charge in [-0.2, -0.15) is 0 Å². The van der Waals surface area contributed by atoms with Crippen molar-refractivity contribution in [2.75, 3.05) is 0 Å². The predicted molar refractivity (Wildman–Crippen MR) is 101 cm³/mol. The van der Waals surface area contributed by atoms with E-state index in [-0.39, 0.29) is 35.9 Å². The lowest BCUT2D eigenvalue weighted by atomic mass is 9.72. The van der Waals surface area contributed by atoms with Crippen molar-refractivity contribution in [3.8, 4) is 5.75 Å². The molecule has 0 radical (unpaired) electrons. The van der Waals surface area contributed by atoms with Crippen LogP contribution in [0.2, 0.25) is 0 Å². The molecule has 28 heavy (non-hydrogen) atoms. The minimum absolute atomic E-state index is 0.0459. The summed E-state index contributed by atoms with van der Waals surface area (Å²) < 4.78 is 5.36. The lowest BCUT2D eigenvalue weighted by molar-refractivity contribution is 0.0693. The third kappa shape index (κ3) is 4.21. The highest BCUT2D eigenvalue weighted by Crippen LogP contribution is 2.30. The zero-order chi connectivity index (χ0) is 20.3. The number of pyridine rings is 1. The van der Waals surface area contributed by atoms with Crippen LogP contribution >= 0.6 is 0 Å². The second-order valence-electron chi connectivity index (χ2n) is 6.15. The smallest absolute Gasteiger partial charge is 0.534 e. The molecule has 3 rings (SSSR count). The Morgan fingerprint density at radius 1 is 1.29 bits per heavy atom. The summed E-state index contributed by atoms with van der Waals surface area (Å²) in [5.74, 6) is -2.43. The van der Waals surface area contributed by atoms with Crippen LogP contribution in [0, 0.1) is 0 Å². The SMILES string of the molecule is NC(N)=NCc1cccc(C(=O)NC2Cc3cccc(C(=O)O)c3OB2O)n1. The van der Waals surface area contributed by atoms with Gasteiger partial charge in [0, 0.05) is 0 Å². The molecule has 0 saturated carbocycles. The molecule has 0 aliphatic carbocycles. The number of carbonyl (C=O) groups is 2. The number of nitrogens with two attached hydrogens (primary N) is 2. The number of aromatic carboxylic acids is 1. The Hall–Kier alpha value is -3.60. The number of carboxylic acids is 1. The maximum Gasteiger partial charge on any atom is 0.547 e. The van der Waals surface area contributed by atoms with Crippen molar-refractivity contribution < 1.29 is 24.4 Å². The van der Waals surface area contributed by atoms with Crippen molar-refractivity contribution in [1.29, 1.82) is 0 Å². The first-order chi connectivity index (χ1) is 13.3. The number of aliphatic imine (C=N–C) groups is 1. The van der Waals surface area contributed by atoms with E-state index in [2.05, 4.69) is 15.3 Å². The molecule has 1 atom stereocenters. The van der Waals surface area contributed by atoms with Gasteiger partial charge >= 0.3 is 13.1 Å². The Morgan fingerprint density at radius 2 is 2.04 bits per heavy atom. The summed E-state index contributed by atoms with van der Waals surface area (Å²) in [5, 5.41) is 22.1. The fraction of sp³-hybridized carbons (Fsp3) is 0.176. The number of benzene rings is 1. The predicted octanol–water partition coefficient (Wildman–Crippen LogP) is -0.694. The molecule has 11 heteroatoms. The first-order valence-corrected chi connectivity index (χ1v) is 8.37. The fourth-order valence-corrected chi connectivity index (χ4v) is 2.82. The summed E-state index contributed by atoms with van der Waals surface area (Å²) in [6.07, 6.45) is 0.205. The molecular formula is C17H18BN5O5. The lowest BCUT2D eigenvalue weighted by Crippen LogP contribution is -2.53. The molecule has 7 N–H and O–H groups in total. The van der Waals surface area contributed by atoms with Gasteiger partial charge in [0.2, 0.25) is 0 Å². The number of carbonyl (C=O) groups excluding carboxylic acids is 1. The summed E-state index contributed by atoms with van der Waals surface area (Å²) >= 11 is 0. The molecule has 144 valence electrons. The molecule has 10 nitrogen and oxygen atoms in total. The quantitative estimate of drug-likeness (QED) is 0.256. The maximum absolute atomic E-state index is 12.5. The van der Waals surface area contributed by atoms with E-state index in [4.69, 9.17) is 16.1 Å². The summed E-state index contributed by atoms with van der Waals surface area (Å²) in [5.41, 5.74) is 11.7. The zero-order valence-electron chi connectivity index (χ0n) is 14.7. The monoisotopic (exact) mass is 383 g/mol. The third-order valence-electron chi connectivity index (χ3n) is 4.13. The Morgan fingerprint density at radius 3 is 2.75 bits per heavy atom. The van der Waals surface area contributed by atoms with E-state index >= 15 is 0 Å². The van der Waals surface area contributed by atoms with Gasteiger partial charge in [0.1, 0.15) is 11.4 Å². The average Bonchev–Trinajstić information content (AvgIpc) is 2.66. The normalized spacial score (nSPS) is 15.2. The largest absolute Gasteiger partial charge is 0.547 e. The summed E-state index contributed by atoms with van der Waals surface area (Å²) in [6.45, 7) is 0.129. The average molecular weight is 383 g/mol. The standard InChI is InChI=1S/C17H18BN5O5/c19-17(20)21-8-10-4-2-6-12(22-10)15(24)23-13-7-9-3-1-5-11(16(25)26)14(9)28-18(13)27/h1-6,13,27H,7-8H2,(H,23,24)(H,25,26)(H4,19,20,21). The van der Waals surface area contributed by atoms with Crippen molar-refractivity contribution in [2.45, 2.75) is 18.9 Å². The van der Waals surface area contributed by atoms with E-state index in [1.165, 1.54) is 12.1 Å². The number of aromatic nitrogens is 1. The first kappa shape index (κ1) is 19.2. The van der Waals surface area contributed by atoms with Gasteiger partial charge in [0.05, 0.1) is 23.7 Å². The van der Waals surface area contributed by atoms with Gasteiger partial charge in [-0.25, -0.2) is 14.8 Å². The molecule has 1 aromatic heterocycles. The Bertz CT molecular complexity index is 947. The van der Waals surface area contributed by atoms with Gasteiger partial charge in [-0.3, -0.25) is 4.79 Å². The number of guanidine groups is 1. The van der Waals surface area contributed by atoms with Crippen LogP contribution in [0.1, 0.15) is 32.1 Å². The van der Waals surface area contributed by atoms with E-state index in [0.29, 0.717) is 11.3 Å². The number of nitrogens with zero attached hydrogens (tertiary/aromatic N) is 2. The zero-order valence-corrected chi connectivity index (χ0v) is 14.7. The minimum Gasteiger partial charge on any atom is -0.534 e. The second kappa shape index (κ2) is 7.97.